The van der Waals surface area contributed by atoms with Crippen molar-refractivity contribution in [1.29, 1.82) is 0 Å². The molecule has 0 bridgehead atoms. The maximum Gasteiger partial charge on any atom is 0.314 e. The first-order valence-corrected chi connectivity index (χ1v) is 7.15. The molecular weight excluding hydrogens is 336 g/mol. The molecule has 126 valence electrons. The van der Waals surface area contributed by atoms with Crippen molar-refractivity contribution < 1.29 is 24.2 Å². The number of benzene rings is 2. The van der Waals surface area contributed by atoms with Crippen LogP contribution in [0.2, 0.25) is 5.02 Å². The van der Waals surface area contributed by atoms with Gasteiger partial charge in [-0.25, -0.2) is 0 Å². The van der Waals surface area contributed by atoms with E-state index in [4.69, 9.17) is 21.1 Å². The molecule has 24 heavy (non-hydrogen) atoms. The lowest BCUT2D eigenvalue weighted by Gasteiger charge is -2.12. The van der Waals surface area contributed by atoms with E-state index < -0.39 is 11.8 Å². The third-order valence-electron chi connectivity index (χ3n) is 3.07. The van der Waals surface area contributed by atoms with Gasteiger partial charge in [0.2, 0.25) is 0 Å². The highest BCUT2D eigenvalue weighted by atomic mass is 35.5. The smallest absolute Gasteiger partial charge is 0.314 e. The molecule has 3 N–H and O–H groups in total. The van der Waals surface area contributed by atoms with Gasteiger partial charge in [0, 0.05) is 11.1 Å². The van der Waals surface area contributed by atoms with Crippen LogP contribution in [-0.4, -0.2) is 31.1 Å². The summed E-state index contributed by atoms with van der Waals surface area (Å²) in [6.07, 6.45) is 0. The Morgan fingerprint density at radius 3 is 2.25 bits per heavy atom. The second-order valence-electron chi connectivity index (χ2n) is 4.64. The van der Waals surface area contributed by atoms with Crippen molar-refractivity contribution in [3.8, 4) is 17.2 Å². The lowest BCUT2D eigenvalue weighted by atomic mass is 10.2. The zero-order valence-corrected chi connectivity index (χ0v) is 13.7. The molecule has 2 amide bonds. The molecule has 0 aliphatic heterocycles. The van der Waals surface area contributed by atoms with Crippen LogP contribution in [0.25, 0.3) is 0 Å². The van der Waals surface area contributed by atoms with Gasteiger partial charge < -0.3 is 25.2 Å². The molecule has 0 atom stereocenters. The van der Waals surface area contributed by atoms with E-state index in [2.05, 4.69) is 10.6 Å². The molecule has 0 spiro atoms. The van der Waals surface area contributed by atoms with Gasteiger partial charge in [0.05, 0.1) is 25.6 Å². The molecule has 2 aromatic rings. The van der Waals surface area contributed by atoms with E-state index in [1.807, 2.05) is 0 Å². The molecule has 0 heterocycles. The predicted octanol–water partition coefficient (Wildman–Crippen LogP) is 2.64. The van der Waals surface area contributed by atoms with Gasteiger partial charge in [-0.15, -0.1) is 0 Å². The standard InChI is InChI=1S/C16H15ClN2O5/c1-23-10-4-5-11(14(8-10)24-2)18-15(21)16(22)19-12-7-9(17)3-6-13(12)20/h3-8,20H,1-2H3,(H,18,21)(H,19,22). The quantitative estimate of drug-likeness (QED) is 0.582. The first kappa shape index (κ1) is 17.4. The van der Waals surface area contributed by atoms with Crippen molar-refractivity contribution in [3.05, 3.63) is 41.4 Å². The number of anilines is 2. The molecule has 0 unspecified atom stereocenters. The maximum atomic E-state index is 12.0. The predicted molar refractivity (Wildman–Crippen MR) is 89.9 cm³/mol. The number of rotatable bonds is 4. The molecule has 0 radical (unpaired) electrons. The highest BCUT2D eigenvalue weighted by molar-refractivity contribution is 6.44. The van der Waals surface area contributed by atoms with Crippen molar-refractivity contribution in [2.45, 2.75) is 0 Å². The van der Waals surface area contributed by atoms with Crippen molar-refractivity contribution in [2.24, 2.45) is 0 Å². The number of methoxy groups -OCH3 is 2. The number of carbonyl (C=O) groups excluding carboxylic acids is 2. The van der Waals surface area contributed by atoms with Gasteiger partial charge >= 0.3 is 11.8 Å². The first-order valence-electron chi connectivity index (χ1n) is 6.77. The van der Waals surface area contributed by atoms with Gasteiger partial charge in [-0.1, -0.05) is 11.6 Å². The summed E-state index contributed by atoms with van der Waals surface area (Å²) in [5.74, 6) is -1.23. The van der Waals surface area contributed by atoms with E-state index in [9.17, 15) is 14.7 Å². The molecule has 0 fully saturated rings. The SMILES string of the molecule is COc1ccc(NC(=O)C(=O)Nc2cc(Cl)ccc2O)c(OC)c1. The number of phenols is 1. The van der Waals surface area contributed by atoms with E-state index in [-0.39, 0.29) is 11.4 Å². The van der Waals surface area contributed by atoms with Crippen LogP contribution in [0.1, 0.15) is 0 Å². The number of ether oxygens (including phenoxy) is 2. The number of halogens is 1. The van der Waals surface area contributed by atoms with Gasteiger partial charge in [0.1, 0.15) is 17.2 Å². The molecule has 0 aliphatic rings. The van der Waals surface area contributed by atoms with E-state index in [1.54, 1.807) is 18.2 Å². The molecule has 2 aromatic carbocycles. The minimum Gasteiger partial charge on any atom is -0.506 e. The fourth-order valence-corrected chi connectivity index (χ4v) is 2.04. The Labute approximate surface area is 143 Å². The van der Waals surface area contributed by atoms with E-state index in [0.29, 0.717) is 22.2 Å². The molecule has 0 aromatic heterocycles. The molecule has 7 nitrogen and oxygen atoms in total. The normalized spacial score (nSPS) is 9.96. The average Bonchev–Trinajstić information content (AvgIpc) is 2.58. The Kier molecular flexibility index (Phi) is 5.49. The summed E-state index contributed by atoms with van der Waals surface area (Å²) in [5.41, 5.74) is 0.332. The van der Waals surface area contributed by atoms with Crippen molar-refractivity contribution in [2.75, 3.05) is 24.9 Å². The summed E-state index contributed by atoms with van der Waals surface area (Å²) in [6, 6.07) is 8.81. The summed E-state index contributed by atoms with van der Waals surface area (Å²) in [4.78, 5) is 24.0. The van der Waals surface area contributed by atoms with Gasteiger partial charge in [0.15, 0.2) is 0 Å². The minimum absolute atomic E-state index is 0.0318. The number of phenolic OH excluding ortho intramolecular Hbond substituents is 1. The van der Waals surface area contributed by atoms with Crippen molar-refractivity contribution in [3.63, 3.8) is 0 Å². The number of carbonyl (C=O) groups is 2. The molecular formula is C16H15ClN2O5. The third-order valence-corrected chi connectivity index (χ3v) is 3.31. The van der Waals surface area contributed by atoms with Crippen LogP contribution >= 0.6 is 11.6 Å². The molecule has 0 saturated carbocycles. The zero-order chi connectivity index (χ0) is 17.7. The zero-order valence-electron chi connectivity index (χ0n) is 12.9. The number of aromatic hydroxyl groups is 1. The maximum absolute atomic E-state index is 12.0. The topological polar surface area (TPSA) is 96.9 Å². The Balaban J connectivity index is 2.12. The Morgan fingerprint density at radius 1 is 0.958 bits per heavy atom. The van der Waals surface area contributed by atoms with E-state index in [1.165, 1.54) is 32.4 Å². The summed E-state index contributed by atoms with van der Waals surface area (Å²) in [5, 5.41) is 14.7. The number of amides is 2. The number of hydrogen-bond donors (Lipinski definition) is 3. The minimum atomic E-state index is -0.967. The average molecular weight is 351 g/mol. The van der Waals surface area contributed by atoms with Crippen molar-refractivity contribution in [1.82, 2.24) is 0 Å². The van der Waals surface area contributed by atoms with E-state index in [0.717, 1.165) is 0 Å². The van der Waals surface area contributed by atoms with Crippen LogP contribution in [0.5, 0.6) is 17.2 Å². The van der Waals surface area contributed by atoms with E-state index >= 15 is 0 Å². The van der Waals surface area contributed by atoms with Crippen LogP contribution in [0, 0.1) is 0 Å². The van der Waals surface area contributed by atoms with Gasteiger partial charge in [0.25, 0.3) is 0 Å². The first-order chi connectivity index (χ1) is 11.4. The summed E-state index contributed by atoms with van der Waals surface area (Å²) in [6.45, 7) is 0. The number of hydrogen-bond acceptors (Lipinski definition) is 5. The highest BCUT2D eigenvalue weighted by Gasteiger charge is 2.18. The molecule has 2 rings (SSSR count). The second-order valence-corrected chi connectivity index (χ2v) is 5.07. The third kappa shape index (κ3) is 4.08. The molecule has 0 aliphatic carbocycles. The van der Waals surface area contributed by atoms with Crippen LogP contribution in [-0.2, 0) is 9.59 Å². The van der Waals surface area contributed by atoms with Crippen LogP contribution < -0.4 is 20.1 Å². The van der Waals surface area contributed by atoms with Gasteiger partial charge in [-0.3, -0.25) is 9.59 Å². The van der Waals surface area contributed by atoms with Crippen molar-refractivity contribution >= 4 is 34.8 Å². The van der Waals surface area contributed by atoms with Crippen LogP contribution in [0.3, 0.4) is 0 Å². The monoisotopic (exact) mass is 350 g/mol. The largest absolute Gasteiger partial charge is 0.506 e. The fourth-order valence-electron chi connectivity index (χ4n) is 1.87. The number of nitrogens with one attached hydrogen (secondary N) is 2. The Morgan fingerprint density at radius 2 is 1.62 bits per heavy atom. The summed E-state index contributed by atoms with van der Waals surface area (Å²) >= 11 is 5.79. The lowest BCUT2D eigenvalue weighted by Crippen LogP contribution is -2.29. The van der Waals surface area contributed by atoms with Crippen LogP contribution in [0.15, 0.2) is 36.4 Å². The van der Waals surface area contributed by atoms with Gasteiger partial charge in [-0.05, 0) is 30.3 Å². The van der Waals surface area contributed by atoms with Crippen LogP contribution in [0.4, 0.5) is 11.4 Å². The highest BCUT2D eigenvalue weighted by Crippen LogP contribution is 2.29. The Hall–Kier alpha value is -2.93. The summed E-state index contributed by atoms with van der Waals surface area (Å²) < 4.78 is 10.2. The fraction of sp³-hybridized carbons (Fsp3) is 0.125. The second kappa shape index (κ2) is 7.56. The molecule has 0 saturated heterocycles. The van der Waals surface area contributed by atoms with Gasteiger partial charge in [-0.2, -0.15) is 0 Å². The Bertz CT molecular complexity index is 779. The summed E-state index contributed by atoms with van der Waals surface area (Å²) in [7, 11) is 2.92. The molecule has 8 heteroatoms. The lowest BCUT2D eigenvalue weighted by molar-refractivity contribution is -0.133.